The van der Waals surface area contributed by atoms with E-state index in [1.54, 1.807) is 13.8 Å². The van der Waals surface area contributed by atoms with Crippen molar-refractivity contribution in [3.05, 3.63) is 24.0 Å². The minimum Gasteiger partial charge on any atom is -0.398 e. The fraction of sp³-hybridized carbons (Fsp3) is 0.455. The molecule has 5 nitrogen and oxygen atoms in total. The molecule has 18 heavy (non-hydrogen) atoms. The van der Waals surface area contributed by atoms with E-state index in [4.69, 9.17) is 5.73 Å². The molecule has 0 aromatic heterocycles. The van der Waals surface area contributed by atoms with Crippen molar-refractivity contribution in [1.29, 1.82) is 0 Å². The normalized spacial score (nSPS) is 15.3. The third kappa shape index (κ3) is 3.18. The van der Waals surface area contributed by atoms with E-state index in [2.05, 4.69) is 4.72 Å². The molecule has 1 unspecified atom stereocenters. The molecule has 0 bridgehead atoms. The van der Waals surface area contributed by atoms with Gasteiger partial charge in [-0.3, -0.25) is 0 Å². The number of aliphatic hydroxyl groups excluding tert-OH is 1. The Hall–Kier alpha value is -1.18. The number of hydrogen-bond acceptors (Lipinski definition) is 4. The number of nitrogens with two attached hydrogens (primary N) is 1. The summed E-state index contributed by atoms with van der Waals surface area (Å²) >= 11 is 0. The standard InChI is InChI=1S/C11H17FN2O3S/c1-3-11(2,7-15)14-18(16,17)10-6-8(12)4-5-9(10)13/h4-6,14-15H,3,7,13H2,1-2H3. The van der Waals surface area contributed by atoms with Crippen LogP contribution in [0.4, 0.5) is 10.1 Å². The van der Waals surface area contributed by atoms with Crippen molar-refractivity contribution in [3.8, 4) is 0 Å². The Morgan fingerprint density at radius 1 is 1.50 bits per heavy atom. The third-order valence-corrected chi connectivity index (χ3v) is 4.47. The van der Waals surface area contributed by atoms with Gasteiger partial charge in [-0.15, -0.1) is 0 Å². The van der Waals surface area contributed by atoms with Crippen LogP contribution in [0.2, 0.25) is 0 Å². The molecule has 1 rings (SSSR count). The lowest BCUT2D eigenvalue weighted by Crippen LogP contribution is -2.48. The molecule has 0 aliphatic heterocycles. The van der Waals surface area contributed by atoms with Gasteiger partial charge >= 0.3 is 0 Å². The van der Waals surface area contributed by atoms with E-state index >= 15 is 0 Å². The zero-order valence-corrected chi connectivity index (χ0v) is 11.1. The van der Waals surface area contributed by atoms with Gasteiger partial charge in [0.2, 0.25) is 10.0 Å². The van der Waals surface area contributed by atoms with Gasteiger partial charge < -0.3 is 10.8 Å². The molecular formula is C11H17FN2O3S. The molecule has 0 radical (unpaired) electrons. The Kier molecular flexibility index (Phi) is 4.31. The first-order valence-electron chi connectivity index (χ1n) is 5.44. The lowest BCUT2D eigenvalue weighted by atomic mass is 10.0. The van der Waals surface area contributed by atoms with Crippen LogP contribution in [0.1, 0.15) is 20.3 Å². The predicted octanol–water partition coefficient (Wildman–Crippen LogP) is 0.847. The number of hydrogen-bond donors (Lipinski definition) is 3. The van der Waals surface area contributed by atoms with E-state index < -0.39 is 21.4 Å². The average molecular weight is 276 g/mol. The molecule has 0 aliphatic carbocycles. The molecular weight excluding hydrogens is 259 g/mol. The van der Waals surface area contributed by atoms with Crippen molar-refractivity contribution >= 4 is 15.7 Å². The third-order valence-electron chi connectivity index (χ3n) is 2.78. The fourth-order valence-corrected chi connectivity index (χ4v) is 2.95. The maximum atomic E-state index is 13.1. The van der Waals surface area contributed by atoms with Crippen molar-refractivity contribution in [2.45, 2.75) is 30.7 Å². The molecule has 0 fully saturated rings. The Morgan fingerprint density at radius 2 is 2.11 bits per heavy atom. The van der Waals surface area contributed by atoms with Gasteiger partial charge in [-0.2, -0.15) is 0 Å². The predicted molar refractivity (Wildman–Crippen MR) is 66.9 cm³/mol. The van der Waals surface area contributed by atoms with Crippen molar-refractivity contribution in [3.63, 3.8) is 0 Å². The number of halogens is 1. The zero-order valence-electron chi connectivity index (χ0n) is 10.3. The van der Waals surface area contributed by atoms with E-state index in [1.165, 1.54) is 6.07 Å². The Balaban J connectivity index is 3.18. The first kappa shape index (κ1) is 14.9. The van der Waals surface area contributed by atoms with Gasteiger partial charge in [0, 0.05) is 0 Å². The topological polar surface area (TPSA) is 92.4 Å². The summed E-state index contributed by atoms with van der Waals surface area (Å²) in [7, 11) is -3.97. The van der Waals surface area contributed by atoms with Crippen LogP contribution >= 0.6 is 0 Å². The van der Waals surface area contributed by atoms with E-state index in [0.717, 1.165) is 12.1 Å². The van der Waals surface area contributed by atoms with Crippen LogP contribution in [-0.2, 0) is 10.0 Å². The SMILES string of the molecule is CCC(C)(CO)NS(=O)(=O)c1cc(F)ccc1N. The second-order valence-corrected chi connectivity index (χ2v) is 6.01. The maximum Gasteiger partial charge on any atom is 0.243 e. The summed E-state index contributed by atoms with van der Waals surface area (Å²) in [6.07, 6.45) is 0.387. The lowest BCUT2D eigenvalue weighted by molar-refractivity contribution is 0.191. The van der Waals surface area contributed by atoms with Gasteiger partial charge in [-0.05, 0) is 31.5 Å². The summed E-state index contributed by atoms with van der Waals surface area (Å²) in [5.74, 6) is -0.688. The highest BCUT2D eigenvalue weighted by Crippen LogP contribution is 2.21. The number of benzene rings is 1. The summed E-state index contributed by atoms with van der Waals surface area (Å²) in [5, 5.41) is 9.19. The molecule has 4 N–H and O–H groups in total. The van der Waals surface area contributed by atoms with Crippen molar-refractivity contribution in [1.82, 2.24) is 4.72 Å². The first-order chi connectivity index (χ1) is 8.24. The minimum atomic E-state index is -3.97. The summed E-state index contributed by atoms with van der Waals surface area (Å²) in [5.41, 5.74) is 4.49. The summed E-state index contributed by atoms with van der Waals surface area (Å²) in [4.78, 5) is -0.323. The van der Waals surface area contributed by atoms with Crippen LogP contribution in [0, 0.1) is 5.82 Å². The van der Waals surface area contributed by atoms with Gasteiger partial charge in [0.25, 0.3) is 0 Å². The van der Waals surface area contributed by atoms with Crippen LogP contribution in [0.5, 0.6) is 0 Å². The second kappa shape index (κ2) is 5.21. The number of sulfonamides is 1. The molecule has 0 spiro atoms. The molecule has 7 heteroatoms. The molecule has 102 valence electrons. The lowest BCUT2D eigenvalue weighted by Gasteiger charge is -2.27. The van der Waals surface area contributed by atoms with E-state index in [0.29, 0.717) is 6.42 Å². The van der Waals surface area contributed by atoms with Gasteiger partial charge in [0.1, 0.15) is 10.7 Å². The molecule has 0 amide bonds. The highest BCUT2D eigenvalue weighted by atomic mass is 32.2. The van der Waals surface area contributed by atoms with Crippen LogP contribution < -0.4 is 10.5 Å². The molecule has 0 aliphatic rings. The molecule has 0 heterocycles. The van der Waals surface area contributed by atoms with Gasteiger partial charge in [0.05, 0.1) is 17.8 Å². The van der Waals surface area contributed by atoms with E-state index in [1.807, 2.05) is 0 Å². The van der Waals surface area contributed by atoms with Crippen LogP contribution in [-0.4, -0.2) is 25.7 Å². The molecule has 1 aromatic rings. The highest BCUT2D eigenvalue weighted by molar-refractivity contribution is 7.89. The Labute approximate surface area is 106 Å². The molecule has 1 atom stereocenters. The van der Waals surface area contributed by atoms with Crippen LogP contribution in [0.3, 0.4) is 0 Å². The van der Waals surface area contributed by atoms with Crippen LogP contribution in [0.15, 0.2) is 23.1 Å². The number of nitrogens with one attached hydrogen (secondary N) is 1. The molecule has 1 aromatic carbocycles. The van der Waals surface area contributed by atoms with Crippen molar-refractivity contribution < 1.29 is 17.9 Å². The molecule has 0 saturated carbocycles. The Morgan fingerprint density at radius 3 is 2.61 bits per heavy atom. The second-order valence-electron chi connectivity index (χ2n) is 4.36. The summed E-state index contributed by atoms with van der Waals surface area (Å²) in [6, 6.07) is 3.12. The van der Waals surface area contributed by atoms with Crippen LogP contribution in [0.25, 0.3) is 0 Å². The van der Waals surface area contributed by atoms with Gasteiger partial charge in [-0.25, -0.2) is 17.5 Å². The summed E-state index contributed by atoms with van der Waals surface area (Å²) < 4.78 is 39.5. The highest BCUT2D eigenvalue weighted by Gasteiger charge is 2.29. The fourth-order valence-electron chi connectivity index (χ4n) is 1.34. The number of nitrogen functional groups attached to an aromatic ring is 1. The monoisotopic (exact) mass is 276 g/mol. The van der Waals surface area contributed by atoms with Crippen molar-refractivity contribution in [2.75, 3.05) is 12.3 Å². The quantitative estimate of drug-likeness (QED) is 0.695. The first-order valence-corrected chi connectivity index (χ1v) is 6.92. The minimum absolute atomic E-state index is 0.0414. The number of rotatable bonds is 5. The van der Waals surface area contributed by atoms with Gasteiger partial charge in [0.15, 0.2) is 0 Å². The summed E-state index contributed by atoms with van der Waals surface area (Å²) in [6.45, 7) is 2.92. The number of anilines is 1. The van der Waals surface area contributed by atoms with Gasteiger partial charge in [-0.1, -0.05) is 6.92 Å². The Bertz CT molecular complexity index is 527. The van der Waals surface area contributed by atoms with Crippen molar-refractivity contribution in [2.24, 2.45) is 0 Å². The van der Waals surface area contributed by atoms with E-state index in [9.17, 15) is 17.9 Å². The molecule has 0 saturated heterocycles. The maximum absolute atomic E-state index is 13.1. The average Bonchev–Trinajstić information content (AvgIpc) is 2.31. The smallest absolute Gasteiger partial charge is 0.243 e. The largest absolute Gasteiger partial charge is 0.398 e. The number of aliphatic hydroxyl groups is 1. The zero-order chi connectivity index (χ0) is 14.0. The van der Waals surface area contributed by atoms with E-state index in [-0.39, 0.29) is 17.2 Å².